The topological polar surface area (TPSA) is 89.0 Å². The molecule has 0 aliphatic heterocycles. The summed E-state index contributed by atoms with van der Waals surface area (Å²) in [6, 6.07) is 14.3. The summed E-state index contributed by atoms with van der Waals surface area (Å²) in [5.74, 6) is -0.879. The van der Waals surface area contributed by atoms with Crippen molar-refractivity contribution in [2.45, 2.75) is 17.8 Å². The highest BCUT2D eigenvalue weighted by Gasteiger charge is 2.23. The minimum absolute atomic E-state index is 0.0300. The lowest BCUT2D eigenvalue weighted by atomic mass is 10.2. The summed E-state index contributed by atoms with van der Waals surface area (Å²) in [7, 11) is -3.84. The molecule has 6 nitrogen and oxygen atoms in total. The number of nitrogens with one attached hydrogen (secondary N) is 1. The fourth-order valence-electron chi connectivity index (χ4n) is 2.50. The Kier molecular flexibility index (Phi) is 6.31. The van der Waals surface area contributed by atoms with Crippen LogP contribution in [0.2, 0.25) is 5.02 Å². The third kappa shape index (κ3) is 5.06. The highest BCUT2D eigenvalue weighted by Crippen LogP contribution is 2.20. The highest BCUT2D eigenvalue weighted by atomic mass is 127. The van der Waals surface area contributed by atoms with Crippen LogP contribution in [0.1, 0.15) is 21.6 Å². The largest absolute Gasteiger partial charge is 0.321 e. The number of halogens is 2. The van der Waals surface area contributed by atoms with E-state index in [4.69, 9.17) is 11.6 Å². The maximum Gasteiger partial charge on any atom is 0.275 e. The molecule has 3 rings (SSSR count). The van der Waals surface area contributed by atoms with Crippen LogP contribution in [0.15, 0.2) is 59.9 Å². The zero-order valence-electron chi connectivity index (χ0n) is 14.7. The zero-order chi connectivity index (χ0) is 20.3. The van der Waals surface area contributed by atoms with Crippen molar-refractivity contribution in [1.29, 1.82) is 0 Å². The van der Waals surface area contributed by atoms with Crippen LogP contribution in [-0.4, -0.2) is 24.3 Å². The van der Waals surface area contributed by atoms with E-state index in [2.05, 4.69) is 37.9 Å². The molecule has 1 heterocycles. The van der Waals surface area contributed by atoms with Gasteiger partial charge in [-0.1, -0.05) is 47.5 Å². The monoisotopic (exact) mass is 527 g/mol. The molecule has 9 heteroatoms. The number of carbonyl (C=O) groups excluding carboxylic acids is 1. The van der Waals surface area contributed by atoms with Crippen LogP contribution in [0.25, 0.3) is 0 Å². The second-order valence-corrected chi connectivity index (χ2v) is 9.60. The third-order valence-corrected chi connectivity index (χ3v) is 6.15. The van der Waals surface area contributed by atoms with E-state index in [0.29, 0.717) is 11.3 Å². The number of hydrogen-bond donors (Lipinski definition) is 1. The number of benzene rings is 2. The van der Waals surface area contributed by atoms with E-state index in [1.165, 1.54) is 0 Å². The maximum atomic E-state index is 12.7. The van der Waals surface area contributed by atoms with Gasteiger partial charge in [0.1, 0.15) is 0 Å². The lowest BCUT2D eigenvalue weighted by Crippen LogP contribution is -2.18. The van der Waals surface area contributed by atoms with Crippen LogP contribution in [0, 0.1) is 10.5 Å². The number of nitrogens with zero attached hydrogens (tertiary/aromatic N) is 2. The van der Waals surface area contributed by atoms with Crippen molar-refractivity contribution in [2.24, 2.45) is 0 Å². The fraction of sp³-hybridized carbons (Fsp3) is 0.105. The first-order chi connectivity index (χ1) is 13.2. The van der Waals surface area contributed by atoms with Crippen molar-refractivity contribution >= 4 is 55.6 Å². The van der Waals surface area contributed by atoms with Crippen molar-refractivity contribution in [2.75, 3.05) is 5.32 Å². The summed E-state index contributed by atoms with van der Waals surface area (Å²) < 4.78 is 26.3. The van der Waals surface area contributed by atoms with Gasteiger partial charge in [0.15, 0.2) is 5.69 Å². The predicted molar refractivity (Wildman–Crippen MR) is 116 cm³/mol. The molecule has 0 unspecified atom stereocenters. The van der Waals surface area contributed by atoms with Gasteiger partial charge in [0.2, 0.25) is 15.0 Å². The number of carbonyl (C=O) groups is 1. The fourth-order valence-corrected chi connectivity index (χ4v) is 4.41. The molecule has 0 saturated carbocycles. The molecule has 0 spiro atoms. The number of sulfone groups is 1. The van der Waals surface area contributed by atoms with Crippen LogP contribution >= 0.6 is 34.2 Å². The molecular formula is C19H15ClIN3O3S. The molecule has 144 valence electrons. The molecule has 1 aromatic heterocycles. The molecule has 0 aliphatic carbocycles. The number of aryl methyl sites for hydroxylation is 1. The molecule has 28 heavy (non-hydrogen) atoms. The third-order valence-electron chi connectivity index (χ3n) is 3.74. The first-order valence-corrected chi connectivity index (χ1v) is 11.2. The van der Waals surface area contributed by atoms with E-state index in [9.17, 15) is 13.2 Å². The minimum atomic E-state index is -3.84. The Hall–Kier alpha value is -2.04. The quantitative estimate of drug-likeness (QED) is 0.395. The Morgan fingerprint density at radius 2 is 1.93 bits per heavy atom. The Labute approximate surface area is 181 Å². The molecule has 1 amide bonds. The van der Waals surface area contributed by atoms with E-state index < -0.39 is 20.9 Å². The van der Waals surface area contributed by atoms with E-state index in [1.54, 1.807) is 36.4 Å². The first-order valence-electron chi connectivity index (χ1n) is 8.12. The van der Waals surface area contributed by atoms with Gasteiger partial charge in [-0.3, -0.25) is 4.79 Å². The number of aromatic nitrogens is 2. The van der Waals surface area contributed by atoms with Crippen LogP contribution in [0.4, 0.5) is 5.69 Å². The van der Waals surface area contributed by atoms with Crippen LogP contribution in [0.5, 0.6) is 0 Å². The summed E-state index contributed by atoms with van der Waals surface area (Å²) in [5, 5.41) is 2.19. The molecule has 1 N–H and O–H groups in total. The standard InChI is InChI=1S/C19H15ClIN3O3S/c1-12-4-2-5-13(8-12)11-28(26,27)19-22-10-16(20)17(24-19)18(25)23-15-7-3-6-14(21)9-15/h2-10H,11H2,1H3,(H,23,25). The second kappa shape index (κ2) is 8.54. The van der Waals surface area contributed by atoms with Gasteiger partial charge < -0.3 is 5.32 Å². The summed E-state index contributed by atoms with van der Waals surface area (Å²) >= 11 is 8.16. The normalized spacial score (nSPS) is 11.2. The van der Waals surface area contributed by atoms with Gasteiger partial charge >= 0.3 is 0 Å². The number of hydrogen-bond acceptors (Lipinski definition) is 5. The van der Waals surface area contributed by atoms with Gasteiger partial charge in [-0.2, -0.15) is 0 Å². The van der Waals surface area contributed by atoms with Gasteiger partial charge in [-0.15, -0.1) is 0 Å². The molecule has 0 fully saturated rings. The van der Waals surface area contributed by atoms with E-state index in [-0.39, 0.29) is 16.5 Å². The van der Waals surface area contributed by atoms with E-state index >= 15 is 0 Å². The second-order valence-electron chi connectivity index (χ2n) is 6.06. The Bertz CT molecular complexity index is 1150. The lowest BCUT2D eigenvalue weighted by molar-refractivity contribution is 0.102. The van der Waals surface area contributed by atoms with E-state index in [1.807, 2.05) is 19.1 Å². The first kappa shape index (κ1) is 20.7. The van der Waals surface area contributed by atoms with Crippen molar-refractivity contribution < 1.29 is 13.2 Å². The van der Waals surface area contributed by atoms with E-state index in [0.717, 1.165) is 15.3 Å². The van der Waals surface area contributed by atoms with Crippen LogP contribution in [0.3, 0.4) is 0 Å². The van der Waals surface area contributed by atoms with Crippen molar-refractivity contribution in [3.63, 3.8) is 0 Å². The average molecular weight is 528 g/mol. The molecule has 2 aromatic carbocycles. The lowest BCUT2D eigenvalue weighted by Gasteiger charge is -2.09. The van der Waals surface area contributed by atoms with Gasteiger partial charge in [0.05, 0.1) is 17.0 Å². The molecular weight excluding hydrogens is 513 g/mol. The average Bonchev–Trinajstić information content (AvgIpc) is 2.61. The summed E-state index contributed by atoms with van der Waals surface area (Å²) in [5.41, 5.74) is 1.92. The van der Waals surface area contributed by atoms with Gasteiger partial charge in [0, 0.05) is 9.26 Å². The van der Waals surface area contributed by atoms with Crippen LogP contribution < -0.4 is 5.32 Å². The Morgan fingerprint density at radius 3 is 2.64 bits per heavy atom. The molecule has 0 saturated heterocycles. The number of amides is 1. The van der Waals surface area contributed by atoms with Crippen molar-refractivity contribution in [3.05, 3.63) is 80.1 Å². The molecule has 0 radical (unpaired) electrons. The Balaban J connectivity index is 1.89. The summed E-state index contributed by atoms with van der Waals surface area (Å²) in [6.45, 7) is 1.88. The molecule has 0 bridgehead atoms. The minimum Gasteiger partial charge on any atom is -0.321 e. The Morgan fingerprint density at radius 1 is 1.18 bits per heavy atom. The number of anilines is 1. The van der Waals surface area contributed by atoms with Gasteiger partial charge in [-0.05, 0) is 53.3 Å². The number of rotatable bonds is 5. The summed E-state index contributed by atoms with van der Waals surface area (Å²) in [4.78, 5) is 20.3. The van der Waals surface area contributed by atoms with Crippen LogP contribution in [-0.2, 0) is 15.6 Å². The van der Waals surface area contributed by atoms with Gasteiger partial charge in [-0.25, -0.2) is 18.4 Å². The van der Waals surface area contributed by atoms with Gasteiger partial charge in [0.25, 0.3) is 5.91 Å². The van der Waals surface area contributed by atoms with Crippen molar-refractivity contribution in [1.82, 2.24) is 9.97 Å². The summed E-state index contributed by atoms with van der Waals surface area (Å²) in [6.07, 6.45) is 1.13. The highest BCUT2D eigenvalue weighted by molar-refractivity contribution is 14.1. The zero-order valence-corrected chi connectivity index (χ0v) is 18.4. The van der Waals surface area contributed by atoms with Crippen molar-refractivity contribution in [3.8, 4) is 0 Å². The molecule has 3 aromatic rings. The molecule has 0 aliphatic rings. The SMILES string of the molecule is Cc1cccc(CS(=O)(=O)c2ncc(Cl)c(C(=O)Nc3cccc(I)c3)n2)c1. The smallest absolute Gasteiger partial charge is 0.275 e. The molecule has 0 atom stereocenters. The maximum absolute atomic E-state index is 12.7. The predicted octanol–water partition coefficient (Wildman–Crippen LogP) is 4.27.